The van der Waals surface area contributed by atoms with Crippen molar-refractivity contribution in [2.24, 2.45) is 5.92 Å². The van der Waals surface area contributed by atoms with Crippen LogP contribution in [0.15, 0.2) is 47.1 Å². The third kappa shape index (κ3) is 3.75. The summed E-state index contributed by atoms with van der Waals surface area (Å²) in [6.45, 7) is 3.62. The number of rotatable bonds is 6. The fraction of sp³-hybridized carbons (Fsp3) is 0.450. The number of para-hydroxylation sites is 1. The van der Waals surface area contributed by atoms with Gasteiger partial charge in [0.1, 0.15) is 11.6 Å². The molecule has 1 aliphatic carbocycles. The summed E-state index contributed by atoms with van der Waals surface area (Å²) in [7, 11) is 0. The van der Waals surface area contributed by atoms with E-state index in [-0.39, 0.29) is 23.7 Å². The van der Waals surface area contributed by atoms with Crippen LogP contribution in [0.5, 0.6) is 0 Å². The third-order valence-corrected chi connectivity index (χ3v) is 5.24. The Hall–Kier alpha value is -2.34. The number of furan rings is 1. The van der Waals surface area contributed by atoms with E-state index in [1.54, 1.807) is 12.3 Å². The van der Waals surface area contributed by atoms with Crippen LogP contribution >= 0.6 is 0 Å². The molecule has 0 spiro atoms. The third-order valence-electron chi connectivity index (χ3n) is 5.24. The number of amides is 1. The van der Waals surface area contributed by atoms with Crippen molar-refractivity contribution in [3.8, 4) is 0 Å². The molecule has 1 amide bonds. The largest absolute Gasteiger partial charge is 0.468 e. The van der Waals surface area contributed by atoms with Gasteiger partial charge in [-0.1, -0.05) is 12.1 Å². The number of benzene rings is 1. The lowest BCUT2D eigenvalue weighted by molar-refractivity contribution is -0.122. The van der Waals surface area contributed by atoms with E-state index in [0.29, 0.717) is 12.2 Å². The number of carbonyl (C=O) groups is 1. The maximum absolute atomic E-state index is 14.0. The predicted octanol–water partition coefficient (Wildman–Crippen LogP) is 2.81. The summed E-state index contributed by atoms with van der Waals surface area (Å²) in [5.74, 6) is 1.03. The van der Waals surface area contributed by atoms with Crippen LogP contribution in [0.3, 0.4) is 0 Å². The normalized spacial score (nSPS) is 19.3. The summed E-state index contributed by atoms with van der Waals surface area (Å²) < 4.78 is 19.6. The lowest BCUT2D eigenvalue weighted by Crippen LogP contribution is -2.50. The fourth-order valence-corrected chi connectivity index (χ4v) is 3.56. The number of halogens is 1. The molecule has 1 saturated carbocycles. The van der Waals surface area contributed by atoms with Gasteiger partial charge in [0.15, 0.2) is 0 Å². The molecule has 2 fully saturated rings. The van der Waals surface area contributed by atoms with Crippen molar-refractivity contribution >= 4 is 11.6 Å². The monoisotopic (exact) mass is 357 g/mol. The number of nitrogens with one attached hydrogen (secondary N) is 1. The Balaban J connectivity index is 1.40. The van der Waals surface area contributed by atoms with Gasteiger partial charge < -0.3 is 14.6 Å². The molecule has 26 heavy (non-hydrogen) atoms. The Bertz CT molecular complexity index is 737. The van der Waals surface area contributed by atoms with Gasteiger partial charge in [0.05, 0.1) is 18.0 Å². The summed E-state index contributed by atoms with van der Waals surface area (Å²) in [5, 5.41) is 3.07. The van der Waals surface area contributed by atoms with Gasteiger partial charge in [0, 0.05) is 38.6 Å². The van der Waals surface area contributed by atoms with Crippen LogP contribution in [0.1, 0.15) is 24.6 Å². The van der Waals surface area contributed by atoms with Crippen molar-refractivity contribution in [1.82, 2.24) is 10.2 Å². The van der Waals surface area contributed by atoms with Crippen LogP contribution in [-0.2, 0) is 4.79 Å². The van der Waals surface area contributed by atoms with Gasteiger partial charge in [-0.25, -0.2) is 4.39 Å². The molecule has 1 aliphatic heterocycles. The Morgan fingerprint density at radius 1 is 1.15 bits per heavy atom. The Labute approximate surface area is 152 Å². The molecule has 138 valence electrons. The lowest BCUT2D eigenvalue weighted by Gasteiger charge is -2.39. The van der Waals surface area contributed by atoms with Gasteiger partial charge in [-0.15, -0.1) is 0 Å². The highest BCUT2D eigenvalue weighted by molar-refractivity contribution is 5.80. The zero-order valence-corrected chi connectivity index (χ0v) is 14.7. The summed E-state index contributed by atoms with van der Waals surface area (Å²) >= 11 is 0. The molecule has 1 saturated heterocycles. The Morgan fingerprint density at radius 2 is 1.92 bits per heavy atom. The zero-order chi connectivity index (χ0) is 17.9. The van der Waals surface area contributed by atoms with Gasteiger partial charge >= 0.3 is 0 Å². The molecular weight excluding hydrogens is 333 g/mol. The van der Waals surface area contributed by atoms with Gasteiger partial charge in [-0.2, -0.15) is 0 Å². The standard InChI is InChI=1S/C20H24FN3O2/c21-16-4-1-2-5-17(16)23-9-11-24(12-10-23)18(19-6-3-13-26-19)14-22-20(25)15-7-8-15/h1-6,13,15,18H,7-12,14H2,(H,22,25). The summed E-state index contributed by atoms with van der Waals surface area (Å²) in [6, 6.07) is 10.7. The minimum Gasteiger partial charge on any atom is -0.468 e. The first kappa shape index (κ1) is 17.1. The molecule has 4 rings (SSSR count). The molecule has 2 aromatic rings. The molecule has 2 heterocycles. The van der Waals surface area contributed by atoms with E-state index in [1.165, 1.54) is 6.07 Å². The average Bonchev–Trinajstić information content (AvgIpc) is 3.39. The molecule has 0 bridgehead atoms. The van der Waals surface area contributed by atoms with Crippen molar-refractivity contribution in [3.05, 3.63) is 54.2 Å². The minimum atomic E-state index is -0.180. The highest BCUT2D eigenvalue weighted by Gasteiger charge is 2.32. The van der Waals surface area contributed by atoms with Crippen molar-refractivity contribution in [2.75, 3.05) is 37.6 Å². The second-order valence-electron chi connectivity index (χ2n) is 7.03. The molecule has 5 nitrogen and oxygen atoms in total. The average molecular weight is 357 g/mol. The topological polar surface area (TPSA) is 48.7 Å². The zero-order valence-electron chi connectivity index (χ0n) is 14.7. The minimum absolute atomic E-state index is 0.00969. The molecule has 1 unspecified atom stereocenters. The summed E-state index contributed by atoms with van der Waals surface area (Å²) in [5.41, 5.74) is 0.656. The van der Waals surface area contributed by atoms with E-state index in [9.17, 15) is 9.18 Å². The number of anilines is 1. The number of hydrogen-bond donors (Lipinski definition) is 1. The van der Waals surface area contributed by atoms with E-state index < -0.39 is 0 Å². The SMILES string of the molecule is O=C(NCC(c1ccco1)N1CCN(c2ccccc2F)CC1)C1CC1. The smallest absolute Gasteiger partial charge is 0.223 e. The highest BCUT2D eigenvalue weighted by atomic mass is 19.1. The van der Waals surface area contributed by atoms with E-state index in [2.05, 4.69) is 15.1 Å². The Kier molecular flexibility index (Phi) is 4.93. The van der Waals surface area contributed by atoms with Crippen LogP contribution in [0, 0.1) is 11.7 Å². The van der Waals surface area contributed by atoms with E-state index in [1.807, 2.05) is 24.3 Å². The molecule has 6 heteroatoms. The maximum Gasteiger partial charge on any atom is 0.223 e. The lowest BCUT2D eigenvalue weighted by atomic mass is 10.1. The maximum atomic E-state index is 14.0. The second-order valence-corrected chi connectivity index (χ2v) is 7.03. The van der Waals surface area contributed by atoms with Gasteiger partial charge in [0.25, 0.3) is 0 Å². The summed E-state index contributed by atoms with van der Waals surface area (Å²) in [4.78, 5) is 16.4. The van der Waals surface area contributed by atoms with Crippen LogP contribution < -0.4 is 10.2 Å². The molecule has 1 atom stereocenters. The van der Waals surface area contributed by atoms with Gasteiger partial charge in [-0.3, -0.25) is 9.69 Å². The quantitative estimate of drug-likeness (QED) is 0.864. The van der Waals surface area contributed by atoms with Crippen molar-refractivity contribution in [2.45, 2.75) is 18.9 Å². The second kappa shape index (κ2) is 7.50. The van der Waals surface area contributed by atoms with E-state index in [4.69, 9.17) is 4.42 Å². The molecule has 0 radical (unpaired) electrons. The van der Waals surface area contributed by atoms with Crippen molar-refractivity contribution < 1.29 is 13.6 Å². The highest BCUT2D eigenvalue weighted by Crippen LogP contribution is 2.30. The predicted molar refractivity (Wildman–Crippen MR) is 97.4 cm³/mol. The van der Waals surface area contributed by atoms with Gasteiger partial charge in [0.2, 0.25) is 5.91 Å². The number of carbonyl (C=O) groups excluding carboxylic acids is 1. The van der Waals surface area contributed by atoms with Crippen LogP contribution in [0.25, 0.3) is 0 Å². The molecule has 1 N–H and O–H groups in total. The van der Waals surface area contributed by atoms with Crippen LogP contribution in [0.2, 0.25) is 0 Å². The fourth-order valence-electron chi connectivity index (χ4n) is 3.56. The first-order valence-corrected chi connectivity index (χ1v) is 9.27. The van der Waals surface area contributed by atoms with Crippen LogP contribution in [0.4, 0.5) is 10.1 Å². The molecule has 1 aromatic heterocycles. The van der Waals surface area contributed by atoms with E-state index >= 15 is 0 Å². The first-order valence-electron chi connectivity index (χ1n) is 9.27. The summed E-state index contributed by atoms with van der Waals surface area (Å²) in [6.07, 6.45) is 3.66. The van der Waals surface area contributed by atoms with Gasteiger partial charge in [-0.05, 0) is 37.1 Å². The van der Waals surface area contributed by atoms with E-state index in [0.717, 1.165) is 44.8 Å². The first-order chi connectivity index (χ1) is 12.7. The molecule has 1 aromatic carbocycles. The van der Waals surface area contributed by atoms with Crippen molar-refractivity contribution in [1.29, 1.82) is 0 Å². The molecule has 2 aliphatic rings. The van der Waals surface area contributed by atoms with Crippen LogP contribution in [-0.4, -0.2) is 43.5 Å². The van der Waals surface area contributed by atoms with Crippen molar-refractivity contribution in [3.63, 3.8) is 0 Å². The molecular formula is C20H24FN3O2. The number of piperazine rings is 1. The number of nitrogens with zero attached hydrogens (tertiary/aromatic N) is 2. The number of hydrogen-bond acceptors (Lipinski definition) is 4. The Morgan fingerprint density at radius 3 is 2.58 bits per heavy atom.